The molecule has 1 aliphatic heterocycles. The molecule has 1 aliphatic carbocycles. The molecule has 1 atom stereocenters. The second kappa shape index (κ2) is 6.77. The number of nitrogens with one attached hydrogen (secondary N) is 1. The number of aryl methyl sites for hydroxylation is 2. The normalized spacial score (nSPS) is 20.8. The molecule has 22 heavy (non-hydrogen) atoms. The second-order valence-corrected chi connectivity index (χ2v) is 7.26. The van der Waals surface area contributed by atoms with Crippen LogP contribution >= 0.6 is 11.3 Å². The van der Waals surface area contributed by atoms with Crippen LogP contribution < -0.4 is 5.32 Å². The van der Waals surface area contributed by atoms with Crippen molar-refractivity contribution in [1.29, 1.82) is 0 Å². The molecule has 120 valence electrons. The maximum Gasteiger partial charge on any atom is 0.242 e. The van der Waals surface area contributed by atoms with Crippen molar-refractivity contribution in [3.63, 3.8) is 0 Å². The average Bonchev–Trinajstić information content (AvgIpc) is 3.13. The van der Waals surface area contributed by atoms with Gasteiger partial charge in [0.1, 0.15) is 6.04 Å². The number of amides is 2. The molecule has 6 heteroatoms. The fourth-order valence-corrected chi connectivity index (χ4v) is 4.50. The summed E-state index contributed by atoms with van der Waals surface area (Å²) in [6, 6.07) is -0.276. The van der Waals surface area contributed by atoms with Crippen molar-refractivity contribution in [2.24, 2.45) is 0 Å². The van der Waals surface area contributed by atoms with Crippen LogP contribution in [0.5, 0.6) is 0 Å². The minimum atomic E-state index is -0.276. The largest absolute Gasteiger partial charge is 0.354 e. The van der Waals surface area contributed by atoms with Gasteiger partial charge in [-0.2, -0.15) is 0 Å². The highest BCUT2D eigenvalue weighted by Crippen LogP contribution is 2.26. The Kier molecular flexibility index (Phi) is 4.76. The molecule has 5 nitrogen and oxygen atoms in total. The predicted molar refractivity (Wildman–Crippen MR) is 85.9 cm³/mol. The molecule has 2 amide bonds. The van der Waals surface area contributed by atoms with Crippen molar-refractivity contribution < 1.29 is 9.59 Å². The maximum absolute atomic E-state index is 12.2. The smallest absolute Gasteiger partial charge is 0.242 e. The lowest BCUT2D eigenvalue weighted by Crippen LogP contribution is -2.45. The van der Waals surface area contributed by atoms with Crippen LogP contribution in [0, 0.1) is 0 Å². The zero-order chi connectivity index (χ0) is 15.5. The molecular formula is C16H23N3O2S. The number of hydrogen-bond donors (Lipinski definition) is 1. The van der Waals surface area contributed by atoms with Gasteiger partial charge in [-0.05, 0) is 38.5 Å². The number of nitrogens with zero attached hydrogens (tertiary/aromatic N) is 2. The molecule has 3 rings (SSSR count). The van der Waals surface area contributed by atoms with E-state index in [4.69, 9.17) is 4.98 Å². The van der Waals surface area contributed by atoms with Gasteiger partial charge in [0.15, 0.2) is 0 Å². The van der Waals surface area contributed by atoms with E-state index in [0.29, 0.717) is 13.1 Å². The Morgan fingerprint density at radius 3 is 2.91 bits per heavy atom. The molecule has 0 spiro atoms. The summed E-state index contributed by atoms with van der Waals surface area (Å²) < 4.78 is 0. The summed E-state index contributed by atoms with van der Waals surface area (Å²) in [5, 5.41) is 4.10. The number of rotatable bonds is 4. The summed E-state index contributed by atoms with van der Waals surface area (Å²) in [4.78, 5) is 31.5. The van der Waals surface area contributed by atoms with Gasteiger partial charge in [-0.25, -0.2) is 4.98 Å². The first kappa shape index (κ1) is 15.5. The Balaban J connectivity index is 1.49. The summed E-state index contributed by atoms with van der Waals surface area (Å²) in [5.41, 5.74) is 1.27. The molecule has 1 aromatic heterocycles. The van der Waals surface area contributed by atoms with E-state index in [1.807, 2.05) is 0 Å². The molecule has 1 N–H and O–H groups in total. The van der Waals surface area contributed by atoms with E-state index in [1.54, 1.807) is 16.2 Å². The topological polar surface area (TPSA) is 62.3 Å². The van der Waals surface area contributed by atoms with Gasteiger partial charge in [0, 0.05) is 31.3 Å². The third kappa shape index (κ3) is 3.32. The SMILES string of the molecule is CC(=O)N1CCCC1C(=O)NCCc1nc2c(s1)CCCC2. The quantitative estimate of drug-likeness (QED) is 0.918. The van der Waals surface area contributed by atoms with Crippen molar-refractivity contribution in [2.75, 3.05) is 13.1 Å². The van der Waals surface area contributed by atoms with E-state index in [1.165, 1.54) is 30.3 Å². The Morgan fingerprint density at radius 2 is 2.14 bits per heavy atom. The van der Waals surface area contributed by atoms with Crippen LogP contribution in [0.15, 0.2) is 0 Å². The zero-order valence-electron chi connectivity index (χ0n) is 13.1. The molecule has 1 aromatic rings. The van der Waals surface area contributed by atoms with Crippen LogP contribution in [0.3, 0.4) is 0 Å². The van der Waals surface area contributed by atoms with Crippen molar-refractivity contribution >= 4 is 23.2 Å². The van der Waals surface area contributed by atoms with Gasteiger partial charge < -0.3 is 10.2 Å². The Bertz CT molecular complexity index is 546. The number of carbonyl (C=O) groups excluding carboxylic acids is 2. The standard InChI is InChI=1S/C16H23N3O2S/c1-11(20)19-10-4-6-13(19)16(21)17-9-8-15-18-12-5-2-3-7-14(12)22-15/h13H,2-10H2,1H3,(H,17,21). The van der Waals surface area contributed by atoms with E-state index in [0.717, 1.165) is 37.1 Å². The summed E-state index contributed by atoms with van der Waals surface area (Å²) in [7, 11) is 0. The number of fused-ring (bicyclic) bond motifs is 1. The van der Waals surface area contributed by atoms with Gasteiger partial charge in [0.2, 0.25) is 11.8 Å². The lowest BCUT2D eigenvalue weighted by molar-refractivity contribution is -0.136. The van der Waals surface area contributed by atoms with Crippen LogP contribution in [-0.2, 0) is 28.9 Å². The highest BCUT2D eigenvalue weighted by molar-refractivity contribution is 7.11. The van der Waals surface area contributed by atoms with Gasteiger partial charge in [-0.3, -0.25) is 9.59 Å². The third-order valence-corrected chi connectivity index (χ3v) is 5.71. The van der Waals surface area contributed by atoms with Gasteiger partial charge >= 0.3 is 0 Å². The highest BCUT2D eigenvalue weighted by atomic mass is 32.1. The Hall–Kier alpha value is -1.43. The van der Waals surface area contributed by atoms with E-state index < -0.39 is 0 Å². The molecule has 0 radical (unpaired) electrons. The molecule has 1 fully saturated rings. The fourth-order valence-electron chi connectivity index (χ4n) is 3.34. The number of aromatic nitrogens is 1. The van der Waals surface area contributed by atoms with E-state index >= 15 is 0 Å². The average molecular weight is 321 g/mol. The molecular weight excluding hydrogens is 298 g/mol. The van der Waals surface area contributed by atoms with Crippen molar-refractivity contribution in [3.8, 4) is 0 Å². The summed E-state index contributed by atoms with van der Waals surface area (Å²) in [5.74, 6) is -0.0285. The van der Waals surface area contributed by atoms with Gasteiger partial charge in [-0.15, -0.1) is 11.3 Å². The maximum atomic E-state index is 12.2. The molecule has 2 aliphatic rings. The van der Waals surface area contributed by atoms with E-state index in [9.17, 15) is 9.59 Å². The fraction of sp³-hybridized carbons (Fsp3) is 0.688. The molecule has 1 saturated heterocycles. The number of hydrogen-bond acceptors (Lipinski definition) is 4. The first-order valence-electron chi connectivity index (χ1n) is 8.17. The minimum absolute atomic E-state index is 0.00903. The molecule has 0 aromatic carbocycles. The second-order valence-electron chi connectivity index (χ2n) is 6.10. The zero-order valence-corrected chi connectivity index (χ0v) is 13.9. The molecule has 0 saturated carbocycles. The van der Waals surface area contributed by atoms with Crippen LogP contribution in [0.4, 0.5) is 0 Å². The van der Waals surface area contributed by atoms with Gasteiger partial charge in [0.05, 0.1) is 10.7 Å². The van der Waals surface area contributed by atoms with Gasteiger partial charge in [0.25, 0.3) is 0 Å². The monoisotopic (exact) mass is 321 g/mol. The lowest BCUT2D eigenvalue weighted by atomic mass is 10.0. The van der Waals surface area contributed by atoms with Gasteiger partial charge in [-0.1, -0.05) is 0 Å². The summed E-state index contributed by atoms with van der Waals surface area (Å²) >= 11 is 1.80. The first-order valence-corrected chi connectivity index (χ1v) is 8.99. The number of likely N-dealkylation sites (tertiary alicyclic amines) is 1. The van der Waals surface area contributed by atoms with Crippen molar-refractivity contribution in [1.82, 2.24) is 15.2 Å². The van der Waals surface area contributed by atoms with E-state index in [-0.39, 0.29) is 17.9 Å². The van der Waals surface area contributed by atoms with E-state index in [2.05, 4.69) is 5.32 Å². The van der Waals surface area contributed by atoms with Crippen molar-refractivity contribution in [2.45, 2.75) is 57.9 Å². The molecule has 2 heterocycles. The van der Waals surface area contributed by atoms with Crippen molar-refractivity contribution in [3.05, 3.63) is 15.6 Å². The van der Waals surface area contributed by atoms with Crippen LogP contribution in [0.25, 0.3) is 0 Å². The highest BCUT2D eigenvalue weighted by Gasteiger charge is 2.31. The van der Waals surface area contributed by atoms with Crippen LogP contribution in [-0.4, -0.2) is 40.8 Å². The number of thiazole rings is 1. The predicted octanol–water partition coefficient (Wildman–Crippen LogP) is 1.69. The molecule has 1 unspecified atom stereocenters. The third-order valence-electron chi connectivity index (χ3n) is 4.49. The number of carbonyl (C=O) groups is 2. The lowest BCUT2D eigenvalue weighted by Gasteiger charge is -2.22. The Morgan fingerprint density at radius 1 is 1.32 bits per heavy atom. The summed E-state index contributed by atoms with van der Waals surface area (Å²) in [6.07, 6.45) is 7.26. The summed E-state index contributed by atoms with van der Waals surface area (Å²) in [6.45, 7) is 2.84. The first-order chi connectivity index (χ1) is 10.6. The van der Waals surface area contributed by atoms with Crippen LogP contribution in [0.2, 0.25) is 0 Å². The minimum Gasteiger partial charge on any atom is -0.354 e. The Labute approximate surface area is 135 Å². The van der Waals surface area contributed by atoms with Crippen LogP contribution in [0.1, 0.15) is 48.2 Å². The molecule has 0 bridgehead atoms.